The van der Waals surface area contributed by atoms with Gasteiger partial charge in [0.2, 0.25) is 11.8 Å². The zero-order chi connectivity index (χ0) is 31.7. The molecule has 1 heterocycles. The molecule has 45 heavy (non-hydrogen) atoms. The smallest absolute Gasteiger partial charge is 0.323 e. The van der Waals surface area contributed by atoms with Crippen molar-refractivity contribution in [2.24, 2.45) is 11.8 Å². The van der Waals surface area contributed by atoms with Crippen LogP contribution >= 0.6 is 0 Å². The van der Waals surface area contributed by atoms with Gasteiger partial charge in [-0.3, -0.25) is 14.5 Å². The van der Waals surface area contributed by atoms with Gasteiger partial charge in [0.25, 0.3) is 0 Å². The second-order valence-electron chi connectivity index (χ2n) is 14.0. The van der Waals surface area contributed by atoms with Gasteiger partial charge in [-0.25, -0.2) is 4.79 Å². The third-order valence-corrected chi connectivity index (χ3v) is 9.34. The molecule has 2 saturated carbocycles. The molecule has 4 aliphatic rings. The first kappa shape index (κ1) is 31.2. The van der Waals surface area contributed by atoms with Crippen LogP contribution in [0, 0.1) is 11.8 Å². The number of hydrogen-bond donors (Lipinski definition) is 3. The second kappa shape index (κ2) is 12.9. The summed E-state index contributed by atoms with van der Waals surface area (Å²) in [7, 11) is 1.54. The number of benzene rings is 2. The molecule has 0 spiro atoms. The Morgan fingerprint density at radius 3 is 2.31 bits per heavy atom. The van der Waals surface area contributed by atoms with Crippen LogP contribution in [0.5, 0.6) is 11.5 Å². The van der Waals surface area contributed by atoms with Crippen molar-refractivity contribution >= 4 is 34.9 Å². The molecule has 0 atom stereocenters. The van der Waals surface area contributed by atoms with Crippen LogP contribution < -0.4 is 25.4 Å². The molecule has 6 rings (SSSR count). The van der Waals surface area contributed by atoms with E-state index in [4.69, 9.17) is 9.47 Å². The molecule has 2 aromatic carbocycles. The van der Waals surface area contributed by atoms with Gasteiger partial charge in [0.15, 0.2) is 5.75 Å². The molecular formula is C35H47N5O5. The summed E-state index contributed by atoms with van der Waals surface area (Å²) < 4.78 is 11.9. The number of hydrogen-bond acceptors (Lipinski definition) is 6. The Kier molecular flexibility index (Phi) is 8.95. The van der Waals surface area contributed by atoms with Gasteiger partial charge in [0.1, 0.15) is 12.4 Å². The average Bonchev–Trinajstić information content (AvgIpc) is 3.93. The molecule has 3 aliphatic carbocycles. The average molecular weight is 618 g/mol. The van der Waals surface area contributed by atoms with Crippen molar-refractivity contribution in [3.05, 3.63) is 41.0 Å². The third kappa shape index (κ3) is 7.54. The van der Waals surface area contributed by atoms with Crippen LogP contribution in [0.15, 0.2) is 24.3 Å². The molecule has 242 valence electrons. The molecular weight excluding hydrogens is 570 g/mol. The first-order chi connectivity index (χ1) is 21.6. The monoisotopic (exact) mass is 617 g/mol. The Balaban J connectivity index is 1.09. The lowest BCUT2D eigenvalue weighted by molar-refractivity contribution is -0.136. The Morgan fingerprint density at radius 1 is 0.933 bits per heavy atom. The highest BCUT2D eigenvalue weighted by atomic mass is 16.5. The van der Waals surface area contributed by atoms with Crippen molar-refractivity contribution in [3.63, 3.8) is 0 Å². The van der Waals surface area contributed by atoms with Crippen LogP contribution in [0.25, 0.3) is 0 Å². The zero-order valence-electron chi connectivity index (χ0n) is 27.1. The first-order valence-corrected chi connectivity index (χ1v) is 16.5. The summed E-state index contributed by atoms with van der Waals surface area (Å²) in [5.41, 5.74) is 4.81. The van der Waals surface area contributed by atoms with Gasteiger partial charge in [0.05, 0.1) is 25.0 Å². The highest BCUT2D eigenvalue weighted by Gasteiger charge is 2.32. The number of anilines is 3. The number of carbonyl (C=O) groups is 3. The van der Waals surface area contributed by atoms with Crippen LogP contribution in [0.1, 0.15) is 69.6 Å². The summed E-state index contributed by atoms with van der Waals surface area (Å²) in [4.78, 5) is 42.8. The van der Waals surface area contributed by atoms with Gasteiger partial charge in [-0.15, -0.1) is 0 Å². The Bertz CT molecular complexity index is 1460. The van der Waals surface area contributed by atoms with E-state index in [1.807, 2.05) is 29.2 Å². The summed E-state index contributed by atoms with van der Waals surface area (Å²) in [6.45, 7) is 10.6. The number of nitrogens with one attached hydrogen (secondary N) is 3. The van der Waals surface area contributed by atoms with Crippen LogP contribution in [0.3, 0.4) is 0 Å². The number of rotatable bonds is 11. The summed E-state index contributed by atoms with van der Waals surface area (Å²) in [5.74, 6) is 2.24. The zero-order valence-corrected chi connectivity index (χ0v) is 27.1. The Labute approximate surface area is 266 Å². The van der Waals surface area contributed by atoms with E-state index >= 15 is 0 Å². The summed E-state index contributed by atoms with van der Waals surface area (Å²) >= 11 is 0. The van der Waals surface area contributed by atoms with Gasteiger partial charge in [-0.1, -0.05) is 20.8 Å². The standard InChI is InChI=1S/C35H47N5O5/c1-35(2,3)24-18-28(36-33(42)23-10-11-23)32(44-4)29(19-24)38-34(43)37-27-12-13-30(26-7-5-6-25(26)27)45-17-16-39-14-15-40(31(41)21-39)20-22-8-9-22/h12-13,18-19,22-23H,5-11,14-17,20-21H2,1-4H3,(H,36,42)(H2,37,38,43). The molecule has 0 unspecified atom stereocenters. The normalized spacial score (nSPS) is 18.4. The van der Waals surface area contributed by atoms with Crippen LogP contribution in [0.2, 0.25) is 0 Å². The van der Waals surface area contributed by atoms with E-state index < -0.39 is 0 Å². The van der Waals surface area contributed by atoms with Gasteiger partial charge in [-0.2, -0.15) is 0 Å². The molecule has 3 fully saturated rings. The van der Waals surface area contributed by atoms with E-state index in [9.17, 15) is 14.4 Å². The predicted octanol–water partition coefficient (Wildman–Crippen LogP) is 5.41. The fourth-order valence-electron chi connectivity index (χ4n) is 6.29. The molecule has 0 aromatic heterocycles. The first-order valence-electron chi connectivity index (χ1n) is 16.5. The topological polar surface area (TPSA) is 112 Å². The number of carbonyl (C=O) groups excluding carboxylic acids is 3. The molecule has 0 bridgehead atoms. The van der Waals surface area contributed by atoms with E-state index in [1.54, 1.807) is 7.11 Å². The lowest BCUT2D eigenvalue weighted by Crippen LogP contribution is -2.51. The minimum absolute atomic E-state index is 0.0208. The number of methoxy groups -OCH3 is 1. The third-order valence-electron chi connectivity index (χ3n) is 9.34. The fourth-order valence-corrected chi connectivity index (χ4v) is 6.29. The van der Waals surface area contributed by atoms with Crippen molar-refractivity contribution in [1.82, 2.24) is 9.80 Å². The predicted molar refractivity (Wildman–Crippen MR) is 175 cm³/mol. The van der Waals surface area contributed by atoms with E-state index in [2.05, 4.69) is 41.6 Å². The molecule has 3 N–H and O–H groups in total. The van der Waals surface area contributed by atoms with Crippen molar-refractivity contribution < 1.29 is 23.9 Å². The number of amides is 4. The van der Waals surface area contributed by atoms with Gasteiger partial charge in [0, 0.05) is 37.8 Å². The Hall–Kier alpha value is -3.79. The highest BCUT2D eigenvalue weighted by molar-refractivity contribution is 6.03. The maximum atomic E-state index is 13.4. The lowest BCUT2D eigenvalue weighted by atomic mass is 9.86. The molecule has 1 aliphatic heterocycles. The molecule has 10 nitrogen and oxygen atoms in total. The largest absolute Gasteiger partial charge is 0.492 e. The van der Waals surface area contributed by atoms with E-state index in [0.29, 0.717) is 36.8 Å². The van der Waals surface area contributed by atoms with Gasteiger partial charge in [-0.05, 0) is 97.2 Å². The minimum Gasteiger partial charge on any atom is -0.492 e. The maximum absolute atomic E-state index is 13.4. The number of nitrogens with zero attached hydrogens (tertiary/aromatic N) is 2. The van der Waals surface area contributed by atoms with Crippen molar-refractivity contribution in [1.29, 1.82) is 0 Å². The van der Waals surface area contributed by atoms with Crippen molar-refractivity contribution in [2.75, 3.05) is 62.4 Å². The fraction of sp³-hybridized carbons (Fsp3) is 0.571. The summed E-state index contributed by atoms with van der Waals surface area (Å²) in [5, 5.41) is 9.05. The highest BCUT2D eigenvalue weighted by Crippen LogP contribution is 2.41. The number of piperazine rings is 1. The summed E-state index contributed by atoms with van der Waals surface area (Å²) in [6, 6.07) is 7.30. The summed E-state index contributed by atoms with van der Waals surface area (Å²) in [6.07, 6.45) is 7.06. The molecule has 2 aromatic rings. The number of urea groups is 1. The molecule has 1 saturated heterocycles. The van der Waals surface area contributed by atoms with E-state index in [-0.39, 0.29) is 29.2 Å². The van der Waals surface area contributed by atoms with Crippen molar-refractivity contribution in [2.45, 2.75) is 71.1 Å². The quantitative estimate of drug-likeness (QED) is 0.311. The van der Waals surface area contributed by atoms with Gasteiger partial charge < -0.3 is 30.3 Å². The van der Waals surface area contributed by atoms with Crippen LogP contribution in [-0.4, -0.2) is 74.1 Å². The molecule has 4 amide bonds. The van der Waals surface area contributed by atoms with Crippen molar-refractivity contribution in [3.8, 4) is 11.5 Å². The number of fused-ring (bicyclic) bond motifs is 1. The minimum atomic E-state index is -0.382. The van der Waals surface area contributed by atoms with Crippen LogP contribution in [-0.2, 0) is 27.8 Å². The lowest BCUT2D eigenvalue weighted by Gasteiger charge is -2.34. The molecule has 0 radical (unpaired) electrons. The SMILES string of the molecule is COc1c(NC(=O)Nc2ccc(OCCN3CCN(CC4CC4)C(=O)C3)c3c2CCC3)cc(C(C)(C)C)cc1NC(=O)C1CC1. The van der Waals surface area contributed by atoms with E-state index in [0.717, 1.165) is 85.8 Å². The second-order valence-corrected chi connectivity index (χ2v) is 14.0. The Morgan fingerprint density at radius 2 is 1.64 bits per heavy atom. The maximum Gasteiger partial charge on any atom is 0.323 e. The molecule has 10 heteroatoms. The van der Waals surface area contributed by atoms with Crippen LogP contribution in [0.4, 0.5) is 21.9 Å². The van der Waals surface area contributed by atoms with E-state index in [1.165, 1.54) is 12.8 Å². The van der Waals surface area contributed by atoms with Gasteiger partial charge >= 0.3 is 6.03 Å². The number of ether oxygens (including phenoxy) is 2.